The Labute approximate surface area is 152 Å². The molecule has 2 aromatic heterocycles. The van der Waals surface area contributed by atoms with E-state index in [2.05, 4.69) is 40.3 Å². The van der Waals surface area contributed by atoms with Gasteiger partial charge in [-0.15, -0.1) is 35.1 Å². The fraction of sp³-hybridized carbons (Fsp3) is 0.471. The van der Waals surface area contributed by atoms with E-state index < -0.39 is 0 Å². The summed E-state index contributed by atoms with van der Waals surface area (Å²) in [6, 6.07) is 8.33. The summed E-state index contributed by atoms with van der Waals surface area (Å²) in [5, 5.41) is 7.53. The molecule has 1 aliphatic heterocycles. The van der Waals surface area contributed by atoms with Gasteiger partial charge in [0.05, 0.1) is 13.1 Å². The fourth-order valence-corrected chi connectivity index (χ4v) is 4.30. The van der Waals surface area contributed by atoms with Gasteiger partial charge in [0.1, 0.15) is 0 Å². The molecule has 0 radical (unpaired) electrons. The Kier molecular flexibility index (Phi) is 7.56. The van der Waals surface area contributed by atoms with Crippen molar-refractivity contribution in [1.29, 1.82) is 0 Å². The van der Waals surface area contributed by atoms with Crippen LogP contribution < -0.4 is 5.32 Å². The summed E-state index contributed by atoms with van der Waals surface area (Å²) in [7, 11) is 0. The third-order valence-corrected chi connectivity index (χ3v) is 5.86. The van der Waals surface area contributed by atoms with Gasteiger partial charge in [-0.05, 0) is 54.7 Å². The fourth-order valence-electron chi connectivity index (χ4n) is 2.86. The van der Waals surface area contributed by atoms with Gasteiger partial charge in [-0.1, -0.05) is 12.1 Å². The van der Waals surface area contributed by atoms with Crippen molar-refractivity contribution in [2.24, 2.45) is 5.92 Å². The predicted molar refractivity (Wildman–Crippen MR) is 100 cm³/mol. The van der Waals surface area contributed by atoms with Crippen LogP contribution in [0.3, 0.4) is 0 Å². The van der Waals surface area contributed by atoms with Crippen LogP contribution in [0.15, 0.2) is 35.0 Å². The van der Waals surface area contributed by atoms with Gasteiger partial charge < -0.3 is 10.2 Å². The number of carbonyl (C=O) groups is 1. The first kappa shape index (κ1) is 18.5. The zero-order valence-corrected chi connectivity index (χ0v) is 15.5. The maximum absolute atomic E-state index is 12.7. The maximum atomic E-state index is 12.7. The first-order valence-electron chi connectivity index (χ1n) is 7.84. The van der Waals surface area contributed by atoms with Gasteiger partial charge in [-0.3, -0.25) is 4.79 Å². The Morgan fingerprint density at radius 2 is 1.83 bits per heavy atom. The van der Waals surface area contributed by atoms with E-state index in [1.165, 1.54) is 16.2 Å². The van der Waals surface area contributed by atoms with E-state index >= 15 is 0 Å². The minimum Gasteiger partial charge on any atom is -0.332 e. The lowest BCUT2D eigenvalue weighted by Crippen LogP contribution is -2.29. The molecule has 3 heterocycles. The molecule has 1 unspecified atom stereocenters. The minimum absolute atomic E-state index is 0. The zero-order valence-electron chi connectivity index (χ0n) is 13.1. The highest BCUT2D eigenvalue weighted by Crippen LogP contribution is 2.20. The molecule has 0 aromatic carbocycles. The smallest absolute Gasteiger partial charge is 0.223 e. The molecule has 1 amide bonds. The summed E-state index contributed by atoms with van der Waals surface area (Å²) in [5.41, 5.74) is 0. The van der Waals surface area contributed by atoms with Gasteiger partial charge in [0.25, 0.3) is 0 Å². The second kappa shape index (κ2) is 9.42. The van der Waals surface area contributed by atoms with E-state index in [0.717, 1.165) is 32.6 Å². The standard InChI is InChI=1S/C17H22N2OS2.ClH/c20-17(6-5-14-7-8-18-11-14)19(12-15-3-1-9-21-15)13-16-4-2-10-22-16;/h1-4,9-10,14,18H,5-8,11-13H2;1H. The largest absolute Gasteiger partial charge is 0.332 e. The van der Waals surface area contributed by atoms with Crippen LogP contribution in [0.5, 0.6) is 0 Å². The average molecular weight is 371 g/mol. The molecule has 0 spiro atoms. The summed E-state index contributed by atoms with van der Waals surface area (Å²) in [6.07, 6.45) is 2.89. The molecule has 0 saturated carbocycles. The summed E-state index contributed by atoms with van der Waals surface area (Å²) in [4.78, 5) is 17.2. The molecule has 1 aliphatic rings. The number of halogens is 1. The van der Waals surface area contributed by atoms with Gasteiger partial charge in [-0.2, -0.15) is 0 Å². The van der Waals surface area contributed by atoms with E-state index in [9.17, 15) is 4.79 Å². The first-order valence-corrected chi connectivity index (χ1v) is 9.60. The highest BCUT2D eigenvalue weighted by Gasteiger charge is 2.19. The summed E-state index contributed by atoms with van der Waals surface area (Å²) < 4.78 is 0. The number of amides is 1. The Balaban J connectivity index is 0.00000192. The normalized spacial score (nSPS) is 17.0. The molecule has 1 N–H and O–H groups in total. The average Bonchev–Trinajstić information content (AvgIpc) is 3.27. The van der Waals surface area contributed by atoms with E-state index in [1.807, 2.05) is 4.90 Å². The summed E-state index contributed by atoms with van der Waals surface area (Å²) >= 11 is 3.45. The maximum Gasteiger partial charge on any atom is 0.223 e. The van der Waals surface area contributed by atoms with Crippen LogP contribution in [0.2, 0.25) is 0 Å². The zero-order chi connectivity index (χ0) is 15.2. The lowest BCUT2D eigenvalue weighted by Gasteiger charge is -2.22. The monoisotopic (exact) mass is 370 g/mol. The Hall–Kier alpha value is -0.880. The van der Waals surface area contributed by atoms with Crippen LogP contribution >= 0.6 is 35.1 Å². The molecule has 6 heteroatoms. The van der Waals surface area contributed by atoms with Crippen LogP contribution in [0.1, 0.15) is 29.0 Å². The van der Waals surface area contributed by atoms with Crippen molar-refractivity contribution in [2.45, 2.75) is 32.4 Å². The lowest BCUT2D eigenvalue weighted by molar-refractivity contribution is -0.132. The number of carbonyl (C=O) groups excluding carboxylic acids is 1. The molecule has 23 heavy (non-hydrogen) atoms. The van der Waals surface area contributed by atoms with Crippen molar-refractivity contribution >= 4 is 41.0 Å². The number of nitrogens with one attached hydrogen (secondary N) is 1. The van der Waals surface area contributed by atoms with E-state index in [4.69, 9.17) is 0 Å². The molecular weight excluding hydrogens is 348 g/mol. The molecule has 0 aliphatic carbocycles. The van der Waals surface area contributed by atoms with Crippen molar-refractivity contribution in [3.05, 3.63) is 44.8 Å². The summed E-state index contributed by atoms with van der Waals surface area (Å²) in [6.45, 7) is 3.64. The van der Waals surface area contributed by atoms with Crippen molar-refractivity contribution in [3.63, 3.8) is 0 Å². The van der Waals surface area contributed by atoms with Crippen LogP contribution in [-0.2, 0) is 17.9 Å². The molecule has 1 fully saturated rings. The van der Waals surface area contributed by atoms with Gasteiger partial charge >= 0.3 is 0 Å². The van der Waals surface area contributed by atoms with Crippen molar-refractivity contribution in [2.75, 3.05) is 13.1 Å². The Bertz CT molecular complexity index is 529. The molecule has 0 bridgehead atoms. The Morgan fingerprint density at radius 3 is 2.30 bits per heavy atom. The van der Waals surface area contributed by atoms with Gasteiger partial charge in [0, 0.05) is 16.2 Å². The van der Waals surface area contributed by atoms with Crippen molar-refractivity contribution in [1.82, 2.24) is 10.2 Å². The van der Waals surface area contributed by atoms with E-state index in [0.29, 0.717) is 12.3 Å². The third-order valence-electron chi connectivity index (χ3n) is 4.14. The molecule has 2 aromatic rings. The Morgan fingerprint density at radius 1 is 1.17 bits per heavy atom. The SMILES string of the molecule is Cl.O=C(CCC1CCNC1)N(Cc1cccs1)Cc1cccs1. The number of thiophene rings is 2. The molecular formula is C17H23ClN2OS2. The van der Waals surface area contributed by atoms with Crippen LogP contribution in [-0.4, -0.2) is 23.9 Å². The second-order valence-electron chi connectivity index (χ2n) is 5.81. The van der Waals surface area contributed by atoms with Crippen LogP contribution in [0.25, 0.3) is 0 Å². The molecule has 126 valence electrons. The highest BCUT2D eigenvalue weighted by atomic mass is 35.5. The van der Waals surface area contributed by atoms with Crippen LogP contribution in [0.4, 0.5) is 0 Å². The lowest BCUT2D eigenvalue weighted by atomic mass is 10.0. The van der Waals surface area contributed by atoms with Crippen molar-refractivity contribution < 1.29 is 4.79 Å². The molecule has 3 rings (SSSR count). The first-order chi connectivity index (χ1) is 10.8. The highest BCUT2D eigenvalue weighted by molar-refractivity contribution is 7.10. The van der Waals surface area contributed by atoms with Gasteiger partial charge in [-0.25, -0.2) is 0 Å². The third kappa shape index (κ3) is 5.60. The quantitative estimate of drug-likeness (QED) is 0.794. The topological polar surface area (TPSA) is 32.3 Å². The number of nitrogens with zero attached hydrogens (tertiary/aromatic N) is 1. The van der Waals surface area contributed by atoms with E-state index in [1.54, 1.807) is 22.7 Å². The van der Waals surface area contributed by atoms with Gasteiger partial charge in [0.15, 0.2) is 0 Å². The minimum atomic E-state index is 0. The van der Waals surface area contributed by atoms with Crippen molar-refractivity contribution in [3.8, 4) is 0 Å². The second-order valence-corrected chi connectivity index (χ2v) is 7.87. The molecule has 1 atom stereocenters. The van der Waals surface area contributed by atoms with E-state index in [-0.39, 0.29) is 18.3 Å². The number of hydrogen-bond acceptors (Lipinski definition) is 4. The molecule has 1 saturated heterocycles. The summed E-state index contributed by atoms with van der Waals surface area (Å²) in [5.74, 6) is 0.961. The number of hydrogen-bond donors (Lipinski definition) is 1. The number of rotatable bonds is 7. The van der Waals surface area contributed by atoms with Gasteiger partial charge in [0.2, 0.25) is 5.91 Å². The predicted octanol–water partition coefficient (Wildman–Crippen LogP) is 4.15. The molecule has 3 nitrogen and oxygen atoms in total. The van der Waals surface area contributed by atoms with Crippen LogP contribution in [0, 0.1) is 5.92 Å².